The lowest BCUT2D eigenvalue weighted by Gasteiger charge is -2.14. The van der Waals surface area contributed by atoms with Gasteiger partial charge in [-0.1, -0.05) is 18.2 Å². The number of hydrogen-bond acceptors (Lipinski definition) is 5. The van der Waals surface area contributed by atoms with Crippen molar-refractivity contribution < 1.29 is 4.92 Å². The van der Waals surface area contributed by atoms with Gasteiger partial charge in [0.25, 0.3) is 0 Å². The van der Waals surface area contributed by atoms with Crippen LogP contribution in [0, 0.1) is 10.1 Å². The quantitative estimate of drug-likeness (QED) is 0.566. The van der Waals surface area contributed by atoms with Crippen LogP contribution in [-0.2, 0) is 0 Å². The Bertz CT molecular complexity index is 785. The number of para-hydroxylation sites is 1. The third-order valence-electron chi connectivity index (χ3n) is 3.24. The highest BCUT2D eigenvalue weighted by atomic mass is 16.6. The third kappa shape index (κ3) is 2.40. The molecule has 0 spiro atoms. The summed E-state index contributed by atoms with van der Waals surface area (Å²) in [6.07, 6.45) is 4.64. The highest BCUT2D eigenvalue weighted by Crippen LogP contribution is 2.33. The number of aromatic amines is 1. The number of benzene rings is 1. The molecule has 0 saturated heterocycles. The molecule has 0 bridgehead atoms. The number of anilines is 1. The molecule has 0 fully saturated rings. The van der Waals surface area contributed by atoms with E-state index in [4.69, 9.17) is 0 Å². The largest absolute Gasteiger partial charge is 0.369 e. The molecule has 0 radical (unpaired) electrons. The number of fused-ring (bicyclic) bond motifs is 1. The number of nitrogens with one attached hydrogen (secondary N) is 2. The summed E-state index contributed by atoms with van der Waals surface area (Å²) in [4.78, 5) is 22.1. The lowest BCUT2D eigenvalue weighted by atomic mass is 10.1. The average Bonchev–Trinajstić information content (AvgIpc) is 3.01. The zero-order valence-electron chi connectivity index (χ0n) is 11.3. The monoisotopic (exact) mass is 283 g/mol. The molecule has 1 aromatic carbocycles. The first kappa shape index (κ1) is 13.0. The standard InChI is InChI=1S/C14H13N5O2/c1-9(14-15-6-7-16-14)18-13-10-4-2-3-5-11(10)17-8-12(13)19(20)21/h2-9H,1H3,(H,15,16)(H,17,18). The van der Waals surface area contributed by atoms with E-state index in [0.29, 0.717) is 22.4 Å². The van der Waals surface area contributed by atoms with E-state index in [-0.39, 0.29) is 11.7 Å². The molecule has 106 valence electrons. The maximum Gasteiger partial charge on any atom is 0.311 e. The van der Waals surface area contributed by atoms with Crippen LogP contribution < -0.4 is 5.32 Å². The highest BCUT2D eigenvalue weighted by molar-refractivity contribution is 5.95. The van der Waals surface area contributed by atoms with Crippen molar-refractivity contribution in [3.05, 3.63) is 58.8 Å². The SMILES string of the molecule is CC(Nc1c([N+](=O)[O-])cnc2ccccc12)c1ncc[nH]1. The number of H-pyrrole nitrogens is 1. The molecule has 3 rings (SSSR count). The molecule has 1 atom stereocenters. The Hall–Kier alpha value is -2.96. The van der Waals surface area contributed by atoms with E-state index in [9.17, 15) is 10.1 Å². The molecule has 21 heavy (non-hydrogen) atoms. The lowest BCUT2D eigenvalue weighted by molar-refractivity contribution is -0.384. The van der Waals surface area contributed by atoms with E-state index in [1.807, 2.05) is 31.2 Å². The predicted octanol–water partition coefficient (Wildman–Crippen LogP) is 3.04. The molecular weight excluding hydrogens is 270 g/mol. The van der Waals surface area contributed by atoms with Gasteiger partial charge < -0.3 is 10.3 Å². The Morgan fingerprint density at radius 2 is 2.14 bits per heavy atom. The number of nitrogens with zero attached hydrogens (tertiary/aromatic N) is 3. The molecule has 0 aliphatic carbocycles. The normalized spacial score (nSPS) is 12.2. The molecule has 7 nitrogen and oxygen atoms in total. The second-order valence-corrected chi connectivity index (χ2v) is 4.63. The Kier molecular flexibility index (Phi) is 3.23. The smallest absolute Gasteiger partial charge is 0.311 e. The maximum atomic E-state index is 11.2. The zero-order chi connectivity index (χ0) is 14.8. The van der Waals surface area contributed by atoms with Gasteiger partial charge in [-0.15, -0.1) is 0 Å². The molecule has 7 heteroatoms. The average molecular weight is 283 g/mol. The fraction of sp³-hybridized carbons (Fsp3) is 0.143. The summed E-state index contributed by atoms with van der Waals surface area (Å²) in [7, 11) is 0. The van der Waals surface area contributed by atoms with Gasteiger partial charge in [0.1, 0.15) is 17.7 Å². The van der Waals surface area contributed by atoms with E-state index in [1.54, 1.807) is 12.4 Å². The number of imidazole rings is 1. The van der Waals surface area contributed by atoms with Gasteiger partial charge in [-0.2, -0.15) is 0 Å². The Labute approximate surface area is 120 Å². The number of rotatable bonds is 4. The molecule has 2 N–H and O–H groups in total. The van der Waals surface area contributed by atoms with Gasteiger partial charge in [0.2, 0.25) is 0 Å². The minimum absolute atomic E-state index is 0.0490. The Morgan fingerprint density at radius 3 is 2.86 bits per heavy atom. The second kappa shape index (κ2) is 5.20. The maximum absolute atomic E-state index is 11.2. The van der Waals surface area contributed by atoms with Crippen LogP contribution in [0.5, 0.6) is 0 Å². The molecule has 0 saturated carbocycles. The van der Waals surface area contributed by atoms with Crippen molar-refractivity contribution in [3.8, 4) is 0 Å². The summed E-state index contributed by atoms with van der Waals surface area (Å²) in [6.45, 7) is 1.89. The second-order valence-electron chi connectivity index (χ2n) is 4.63. The van der Waals surface area contributed by atoms with Crippen molar-refractivity contribution in [2.75, 3.05) is 5.32 Å². The predicted molar refractivity (Wildman–Crippen MR) is 79.0 cm³/mol. The van der Waals surface area contributed by atoms with Gasteiger partial charge in [0.15, 0.2) is 0 Å². The van der Waals surface area contributed by atoms with Crippen molar-refractivity contribution in [3.63, 3.8) is 0 Å². The minimum atomic E-state index is -0.434. The van der Waals surface area contributed by atoms with Crippen LogP contribution in [0.25, 0.3) is 10.9 Å². The van der Waals surface area contributed by atoms with Gasteiger partial charge in [-0.3, -0.25) is 10.1 Å². The topological polar surface area (TPSA) is 96.7 Å². The first-order valence-electron chi connectivity index (χ1n) is 6.45. The van der Waals surface area contributed by atoms with Gasteiger partial charge in [-0.25, -0.2) is 9.97 Å². The number of nitro groups is 1. The van der Waals surface area contributed by atoms with E-state index in [1.165, 1.54) is 6.20 Å². The van der Waals surface area contributed by atoms with Crippen molar-refractivity contribution >= 4 is 22.3 Å². The summed E-state index contributed by atoms with van der Waals surface area (Å²) in [5, 5.41) is 15.1. The Morgan fingerprint density at radius 1 is 1.33 bits per heavy atom. The first-order chi connectivity index (χ1) is 10.2. The summed E-state index contributed by atoms with van der Waals surface area (Å²) in [5.41, 5.74) is 1.11. The third-order valence-corrected chi connectivity index (χ3v) is 3.24. The lowest BCUT2D eigenvalue weighted by Crippen LogP contribution is -2.10. The van der Waals surface area contributed by atoms with Crippen LogP contribution in [-0.4, -0.2) is 19.9 Å². The van der Waals surface area contributed by atoms with Gasteiger partial charge >= 0.3 is 5.69 Å². The van der Waals surface area contributed by atoms with Crippen molar-refractivity contribution in [2.45, 2.75) is 13.0 Å². The number of pyridine rings is 1. The highest BCUT2D eigenvalue weighted by Gasteiger charge is 2.20. The molecule has 1 unspecified atom stereocenters. The van der Waals surface area contributed by atoms with Crippen LogP contribution in [0.15, 0.2) is 42.9 Å². The molecule has 2 heterocycles. The van der Waals surface area contributed by atoms with E-state index >= 15 is 0 Å². The van der Waals surface area contributed by atoms with E-state index < -0.39 is 4.92 Å². The van der Waals surface area contributed by atoms with Crippen molar-refractivity contribution in [2.24, 2.45) is 0 Å². The van der Waals surface area contributed by atoms with E-state index in [2.05, 4.69) is 20.3 Å². The summed E-state index contributed by atoms with van der Waals surface area (Å²) < 4.78 is 0. The number of aromatic nitrogens is 3. The summed E-state index contributed by atoms with van der Waals surface area (Å²) >= 11 is 0. The number of hydrogen-bond donors (Lipinski definition) is 2. The minimum Gasteiger partial charge on any atom is -0.369 e. The molecular formula is C14H13N5O2. The zero-order valence-corrected chi connectivity index (χ0v) is 11.3. The molecule has 2 aromatic heterocycles. The Balaban J connectivity index is 2.10. The van der Waals surface area contributed by atoms with Crippen molar-refractivity contribution in [1.29, 1.82) is 0 Å². The van der Waals surface area contributed by atoms with Crippen LogP contribution in [0.3, 0.4) is 0 Å². The molecule has 3 aromatic rings. The first-order valence-corrected chi connectivity index (χ1v) is 6.45. The van der Waals surface area contributed by atoms with Crippen LogP contribution in [0.4, 0.5) is 11.4 Å². The van der Waals surface area contributed by atoms with Crippen molar-refractivity contribution in [1.82, 2.24) is 15.0 Å². The summed E-state index contributed by atoms with van der Waals surface area (Å²) in [6, 6.07) is 7.12. The van der Waals surface area contributed by atoms with Gasteiger partial charge in [0, 0.05) is 17.8 Å². The molecule has 0 amide bonds. The van der Waals surface area contributed by atoms with Gasteiger partial charge in [-0.05, 0) is 13.0 Å². The molecule has 0 aliphatic heterocycles. The molecule has 0 aliphatic rings. The van der Waals surface area contributed by atoms with Crippen LogP contribution >= 0.6 is 0 Å². The van der Waals surface area contributed by atoms with E-state index in [0.717, 1.165) is 0 Å². The van der Waals surface area contributed by atoms with Crippen LogP contribution in [0.1, 0.15) is 18.8 Å². The fourth-order valence-corrected chi connectivity index (χ4v) is 2.22. The van der Waals surface area contributed by atoms with Crippen LogP contribution in [0.2, 0.25) is 0 Å². The fourth-order valence-electron chi connectivity index (χ4n) is 2.22. The summed E-state index contributed by atoms with van der Waals surface area (Å²) in [5.74, 6) is 0.713. The van der Waals surface area contributed by atoms with Gasteiger partial charge in [0.05, 0.1) is 16.5 Å².